The minimum Gasteiger partial charge on any atom is -0.340 e. The first-order valence-corrected chi connectivity index (χ1v) is 3.53. The van der Waals surface area contributed by atoms with E-state index in [1.165, 1.54) is 0 Å². The van der Waals surface area contributed by atoms with Gasteiger partial charge in [-0.05, 0) is 18.1 Å². The SMILES string of the molecule is FC(F)C1(Nc2nn[nH]n2)CC1. The molecule has 0 aliphatic heterocycles. The average molecular weight is 175 g/mol. The van der Waals surface area contributed by atoms with Crippen LogP contribution in [0.3, 0.4) is 0 Å². The maximum absolute atomic E-state index is 12.3. The molecular weight excluding hydrogens is 168 g/mol. The molecule has 2 N–H and O–H groups in total. The van der Waals surface area contributed by atoms with Crippen LogP contribution < -0.4 is 5.32 Å². The third-order valence-electron chi connectivity index (χ3n) is 1.91. The van der Waals surface area contributed by atoms with E-state index in [-0.39, 0.29) is 5.95 Å². The van der Waals surface area contributed by atoms with E-state index >= 15 is 0 Å². The molecule has 12 heavy (non-hydrogen) atoms. The largest absolute Gasteiger partial charge is 0.340 e. The highest BCUT2D eigenvalue weighted by Gasteiger charge is 2.51. The summed E-state index contributed by atoms with van der Waals surface area (Å²) in [5.41, 5.74) is -1.09. The number of anilines is 1. The van der Waals surface area contributed by atoms with E-state index in [4.69, 9.17) is 0 Å². The summed E-state index contributed by atoms with van der Waals surface area (Å²) in [5.74, 6) is 0.132. The van der Waals surface area contributed by atoms with Crippen molar-refractivity contribution in [1.82, 2.24) is 20.6 Å². The maximum atomic E-state index is 12.3. The van der Waals surface area contributed by atoms with Gasteiger partial charge in [-0.25, -0.2) is 8.78 Å². The molecule has 5 nitrogen and oxygen atoms in total. The third-order valence-corrected chi connectivity index (χ3v) is 1.91. The zero-order valence-corrected chi connectivity index (χ0v) is 6.09. The van der Waals surface area contributed by atoms with Gasteiger partial charge in [0.25, 0.3) is 12.4 Å². The molecule has 1 saturated carbocycles. The predicted octanol–water partition coefficient (Wildman–Crippen LogP) is 0.409. The lowest BCUT2D eigenvalue weighted by Gasteiger charge is -2.13. The quantitative estimate of drug-likeness (QED) is 0.698. The Bertz CT molecular complexity index is 255. The molecule has 2 rings (SSSR count). The summed E-state index contributed by atoms with van der Waals surface area (Å²) < 4.78 is 24.6. The maximum Gasteiger partial charge on any atom is 0.263 e. The molecule has 66 valence electrons. The second-order valence-corrected chi connectivity index (χ2v) is 2.82. The van der Waals surface area contributed by atoms with Crippen LogP contribution in [0.4, 0.5) is 14.7 Å². The molecular formula is C5H7F2N5. The number of nitrogens with one attached hydrogen (secondary N) is 2. The van der Waals surface area contributed by atoms with Gasteiger partial charge in [-0.15, -0.1) is 5.10 Å². The van der Waals surface area contributed by atoms with Crippen molar-refractivity contribution in [1.29, 1.82) is 0 Å². The van der Waals surface area contributed by atoms with Gasteiger partial charge in [-0.3, -0.25) is 0 Å². The van der Waals surface area contributed by atoms with Gasteiger partial charge in [-0.1, -0.05) is 5.10 Å². The molecule has 0 spiro atoms. The number of tetrazole rings is 1. The van der Waals surface area contributed by atoms with E-state index in [2.05, 4.69) is 25.9 Å². The number of hydrogen-bond acceptors (Lipinski definition) is 4. The zero-order chi connectivity index (χ0) is 8.60. The molecule has 0 saturated heterocycles. The van der Waals surface area contributed by atoms with Crippen LogP contribution in [0.25, 0.3) is 0 Å². The van der Waals surface area contributed by atoms with Gasteiger partial charge in [0.15, 0.2) is 0 Å². The lowest BCUT2D eigenvalue weighted by molar-refractivity contribution is 0.114. The Morgan fingerprint density at radius 2 is 2.25 bits per heavy atom. The van der Waals surface area contributed by atoms with Crippen LogP contribution in [0.15, 0.2) is 0 Å². The summed E-state index contributed by atoms with van der Waals surface area (Å²) in [5, 5.41) is 15.0. The second-order valence-electron chi connectivity index (χ2n) is 2.82. The van der Waals surface area contributed by atoms with Crippen molar-refractivity contribution in [3.8, 4) is 0 Å². The topological polar surface area (TPSA) is 66.5 Å². The number of hydrogen-bond donors (Lipinski definition) is 2. The third kappa shape index (κ3) is 1.10. The van der Waals surface area contributed by atoms with Crippen LogP contribution in [-0.2, 0) is 0 Å². The number of H-pyrrole nitrogens is 1. The van der Waals surface area contributed by atoms with E-state index in [0.717, 1.165) is 0 Å². The van der Waals surface area contributed by atoms with Gasteiger partial charge in [0.05, 0.1) is 0 Å². The van der Waals surface area contributed by atoms with Crippen molar-refractivity contribution in [2.75, 3.05) is 5.32 Å². The van der Waals surface area contributed by atoms with Crippen molar-refractivity contribution in [3.05, 3.63) is 0 Å². The summed E-state index contributed by atoms with van der Waals surface area (Å²) >= 11 is 0. The molecule has 0 aromatic carbocycles. The van der Waals surface area contributed by atoms with E-state index in [1.807, 2.05) is 0 Å². The van der Waals surface area contributed by atoms with Crippen LogP contribution in [0.1, 0.15) is 12.8 Å². The molecule has 0 bridgehead atoms. The Morgan fingerprint density at radius 3 is 2.67 bits per heavy atom. The Labute approximate surface area is 66.5 Å². The van der Waals surface area contributed by atoms with E-state index in [1.54, 1.807) is 0 Å². The van der Waals surface area contributed by atoms with Crippen molar-refractivity contribution in [2.45, 2.75) is 24.8 Å². The second kappa shape index (κ2) is 2.36. The number of halogens is 2. The molecule has 1 aromatic heterocycles. The summed E-state index contributed by atoms with van der Waals surface area (Å²) in [6.07, 6.45) is -1.46. The molecule has 1 aliphatic rings. The van der Waals surface area contributed by atoms with E-state index in [0.29, 0.717) is 12.8 Å². The molecule has 1 aromatic rings. The monoisotopic (exact) mass is 175 g/mol. The van der Waals surface area contributed by atoms with Crippen LogP contribution in [0, 0.1) is 0 Å². The molecule has 0 unspecified atom stereocenters. The molecule has 1 heterocycles. The first-order chi connectivity index (χ1) is 5.73. The number of alkyl halides is 2. The predicted molar refractivity (Wildman–Crippen MR) is 35.8 cm³/mol. The lowest BCUT2D eigenvalue weighted by atomic mass is 10.3. The minimum atomic E-state index is -2.38. The molecule has 0 atom stereocenters. The average Bonchev–Trinajstić information content (AvgIpc) is 2.60. The highest BCUT2D eigenvalue weighted by atomic mass is 19.3. The highest BCUT2D eigenvalue weighted by Crippen LogP contribution is 2.43. The number of nitrogens with zero attached hydrogens (tertiary/aromatic N) is 3. The lowest BCUT2D eigenvalue weighted by Crippen LogP contribution is -2.30. The molecule has 1 fully saturated rings. The van der Waals surface area contributed by atoms with Gasteiger partial charge >= 0.3 is 0 Å². The van der Waals surface area contributed by atoms with E-state index in [9.17, 15) is 8.78 Å². The Morgan fingerprint density at radius 1 is 1.50 bits per heavy atom. The van der Waals surface area contributed by atoms with Gasteiger partial charge in [0.2, 0.25) is 0 Å². The normalized spacial score (nSPS) is 19.6. The minimum absolute atomic E-state index is 0.132. The van der Waals surface area contributed by atoms with Gasteiger partial charge in [0.1, 0.15) is 5.54 Å². The fourth-order valence-corrected chi connectivity index (χ4v) is 0.970. The highest BCUT2D eigenvalue weighted by molar-refractivity contribution is 5.31. The number of aromatic nitrogens is 4. The van der Waals surface area contributed by atoms with Crippen molar-refractivity contribution in [2.24, 2.45) is 0 Å². The molecule has 0 amide bonds. The van der Waals surface area contributed by atoms with E-state index < -0.39 is 12.0 Å². The van der Waals surface area contributed by atoms with Gasteiger partial charge in [-0.2, -0.15) is 5.21 Å². The van der Waals surface area contributed by atoms with Crippen molar-refractivity contribution < 1.29 is 8.78 Å². The molecule has 0 radical (unpaired) electrons. The van der Waals surface area contributed by atoms with Crippen LogP contribution in [-0.4, -0.2) is 32.6 Å². The fourth-order valence-electron chi connectivity index (χ4n) is 0.970. The molecule has 1 aliphatic carbocycles. The Balaban J connectivity index is 2.04. The van der Waals surface area contributed by atoms with Gasteiger partial charge in [0, 0.05) is 0 Å². The smallest absolute Gasteiger partial charge is 0.263 e. The van der Waals surface area contributed by atoms with Gasteiger partial charge < -0.3 is 5.32 Å². The first kappa shape index (κ1) is 7.38. The first-order valence-electron chi connectivity index (χ1n) is 3.53. The van der Waals surface area contributed by atoms with Crippen molar-refractivity contribution >= 4 is 5.95 Å². The Kier molecular flexibility index (Phi) is 1.45. The summed E-state index contributed by atoms with van der Waals surface area (Å²) in [6, 6.07) is 0. The number of rotatable bonds is 3. The van der Waals surface area contributed by atoms with Crippen LogP contribution >= 0.6 is 0 Å². The summed E-state index contributed by atoms with van der Waals surface area (Å²) in [7, 11) is 0. The standard InChI is InChI=1S/C5H7F2N5/c6-3(7)5(1-2-5)8-4-9-11-12-10-4/h3H,1-2H2,(H2,8,9,10,11,12). The summed E-state index contributed by atoms with van der Waals surface area (Å²) in [4.78, 5) is 0. The zero-order valence-electron chi connectivity index (χ0n) is 6.09. The number of aromatic amines is 1. The van der Waals surface area contributed by atoms with Crippen molar-refractivity contribution in [3.63, 3.8) is 0 Å². The summed E-state index contributed by atoms with van der Waals surface area (Å²) in [6.45, 7) is 0. The molecule has 7 heteroatoms. The fraction of sp³-hybridized carbons (Fsp3) is 0.800. The Hall–Kier alpha value is -1.27. The van der Waals surface area contributed by atoms with Crippen LogP contribution in [0.2, 0.25) is 0 Å². The van der Waals surface area contributed by atoms with Crippen LogP contribution in [0.5, 0.6) is 0 Å².